The van der Waals surface area contributed by atoms with Crippen molar-refractivity contribution in [1.82, 2.24) is 14.9 Å². The molecule has 0 unspecified atom stereocenters. The van der Waals surface area contributed by atoms with Gasteiger partial charge in [0.2, 0.25) is 5.88 Å². The number of aryl methyl sites for hydroxylation is 1. The van der Waals surface area contributed by atoms with Crippen molar-refractivity contribution in [2.45, 2.75) is 26.3 Å². The van der Waals surface area contributed by atoms with Gasteiger partial charge in [-0.1, -0.05) is 19.1 Å². The Morgan fingerprint density at radius 1 is 1.03 bits per heavy atom. The number of benzene rings is 2. The lowest BCUT2D eigenvalue weighted by atomic mass is 10.1. The van der Waals surface area contributed by atoms with E-state index in [1.165, 1.54) is 11.9 Å². The highest BCUT2D eigenvalue weighted by Crippen LogP contribution is 2.26. The van der Waals surface area contributed by atoms with Gasteiger partial charge in [0, 0.05) is 37.3 Å². The van der Waals surface area contributed by atoms with Crippen LogP contribution in [0, 0.1) is 0 Å². The summed E-state index contributed by atoms with van der Waals surface area (Å²) in [5.74, 6) is 2.78. The van der Waals surface area contributed by atoms with Crippen LogP contribution in [-0.2, 0) is 6.42 Å². The molecule has 1 aliphatic rings. The Hall–Kier alpha value is -3.61. The lowest BCUT2D eigenvalue weighted by Crippen LogP contribution is -2.54. The van der Waals surface area contributed by atoms with E-state index in [9.17, 15) is 4.79 Å². The number of piperazine rings is 1. The van der Waals surface area contributed by atoms with Gasteiger partial charge in [0.15, 0.2) is 0 Å². The largest absolute Gasteiger partial charge is 0.497 e. The van der Waals surface area contributed by atoms with Crippen LogP contribution < -0.4 is 14.4 Å². The quantitative estimate of drug-likeness (QED) is 0.582. The molecule has 1 amide bonds. The van der Waals surface area contributed by atoms with E-state index in [1.807, 2.05) is 59.5 Å². The molecule has 0 radical (unpaired) electrons. The molecule has 2 heterocycles. The first-order valence-corrected chi connectivity index (χ1v) is 10.9. The molecule has 7 nitrogen and oxygen atoms in total. The maximum absolute atomic E-state index is 13.0. The molecule has 0 aliphatic carbocycles. The van der Waals surface area contributed by atoms with Crippen molar-refractivity contribution >= 4 is 11.7 Å². The molecule has 1 saturated heterocycles. The minimum Gasteiger partial charge on any atom is -0.497 e. The van der Waals surface area contributed by atoms with Crippen LogP contribution in [0.4, 0.5) is 5.82 Å². The van der Waals surface area contributed by atoms with Gasteiger partial charge in [0.1, 0.15) is 23.6 Å². The second kappa shape index (κ2) is 9.68. The van der Waals surface area contributed by atoms with Crippen LogP contribution in [-0.4, -0.2) is 53.6 Å². The number of methoxy groups -OCH3 is 1. The molecule has 1 aliphatic heterocycles. The molecule has 32 heavy (non-hydrogen) atoms. The van der Waals surface area contributed by atoms with Crippen LogP contribution in [0.5, 0.6) is 17.4 Å². The summed E-state index contributed by atoms with van der Waals surface area (Å²) < 4.78 is 11.1. The molecule has 0 spiro atoms. The Kier molecular flexibility index (Phi) is 6.54. The average molecular weight is 433 g/mol. The molecule has 166 valence electrons. The Labute approximate surface area is 188 Å². The van der Waals surface area contributed by atoms with Gasteiger partial charge in [-0.05, 0) is 55.3 Å². The fourth-order valence-electron chi connectivity index (χ4n) is 3.84. The van der Waals surface area contributed by atoms with E-state index in [0.29, 0.717) is 31.3 Å². The first kappa shape index (κ1) is 21.6. The third-order valence-electron chi connectivity index (χ3n) is 5.73. The van der Waals surface area contributed by atoms with Gasteiger partial charge in [0.05, 0.1) is 7.11 Å². The van der Waals surface area contributed by atoms with E-state index in [4.69, 9.17) is 9.47 Å². The summed E-state index contributed by atoms with van der Waals surface area (Å²) in [5.41, 5.74) is 1.97. The van der Waals surface area contributed by atoms with E-state index >= 15 is 0 Å². The zero-order chi connectivity index (χ0) is 22.5. The number of amides is 1. The van der Waals surface area contributed by atoms with Crippen molar-refractivity contribution in [1.29, 1.82) is 0 Å². The van der Waals surface area contributed by atoms with Crippen molar-refractivity contribution < 1.29 is 14.3 Å². The van der Waals surface area contributed by atoms with Crippen molar-refractivity contribution in [3.05, 3.63) is 72.1 Å². The third kappa shape index (κ3) is 4.82. The van der Waals surface area contributed by atoms with E-state index in [2.05, 4.69) is 28.7 Å². The van der Waals surface area contributed by atoms with Gasteiger partial charge in [-0.15, -0.1) is 0 Å². The zero-order valence-electron chi connectivity index (χ0n) is 18.7. The number of aromatic nitrogens is 2. The lowest BCUT2D eigenvalue weighted by Gasteiger charge is -2.40. The fourth-order valence-corrected chi connectivity index (χ4v) is 3.84. The summed E-state index contributed by atoms with van der Waals surface area (Å²) in [6.07, 6.45) is 2.47. The summed E-state index contributed by atoms with van der Waals surface area (Å²) in [7, 11) is 1.63. The summed E-state index contributed by atoms with van der Waals surface area (Å²) in [6.45, 7) is 6.20. The first-order valence-electron chi connectivity index (χ1n) is 10.9. The maximum Gasteiger partial charge on any atom is 0.254 e. The van der Waals surface area contributed by atoms with E-state index in [1.54, 1.807) is 7.11 Å². The Bertz CT molecular complexity index is 1050. The molecular weight excluding hydrogens is 404 g/mol. The Morgan fingerprint density at radius 3 is 2.41 bits per heavy atom. The average Bonchev–Trinajstić information content (AvgIpc) is 2.84. The van der Waals surface area contributed by atoms with Crippen LogP contribution in [0.15, 0.2) is 60.9 Å². The molecule has 1 atom stereocenters. The minimum atomic E-state index is 0.0584. The molecule has 7 heteroatoms. The number of anilines is 1. The number of rotatable bonds is 6. The number of hydrogen-bond donors (Lipinski definition) is 0. The highest BCUT2D eigenvalue weighted by atomic mass is 16.5. The first-order chi connectivity index (χ1) is 15.6. The van der Waals surface area contributed by atoms with Crippen LogP contribution in [0.2, 0.25) is 0 Å². The van der Waals surface area contributed by atoms with E-state index in [0.717, 1.165) is 23.6 Å². The number of nitrogens with zero attached hydrogens (tertiary/aromatic N) is 4. The standard InChI is InChI=1S/C25H28N4O3/c1-4-19-5-7-20(8-6-19)25(30)29-14-13-28(16-18(29)2)23-15-24(27-17-26-23)32-22-11-9-21(31-3)10-12-22/h5-12,15,17-18H,4,13-14,16H2,1-3H3/t18-/m0/s1. The number of hydrogen-bond acceptors (Lipinski definition) is 6. The van der Waals surface area contributed by atoms with Gasteiger partial charge in [0.25, 0.3) is 5.91 Å². The van der Waals surface area contributed by atoms with Crippen LogP contribution in [0.25, 0.3) is 0 Å². The van der Waals surface area contributed by atoms with Crippen LogP contribution in [0.1, 0.15) is 29.8 Å². The summed E-state index contributed by atoms with van der Waals surface area (Å²) >= 11 is 0. The van der Waals surface area contributed by atoms with Crippen LogP contribution >= 0.6 is 0 Å². The molecule has 1 fully saturated rings. The van der Waals surface area contributed by atoms with Crippen molar-refractivity contribution in [3.63, 3.8) is 0 Å². The lowest BCUT2D eigenvalue weighted by molar-refractivity contribution is 0.0673. The third-order valence-corrected chi connectivity index (χ3v) is 5.73. The highest BCUT2D eigenvalue weighted by molar-refractivity contribution is 5.94. The van der Waals surface area contributed by atoms with Gasteiger partial charge < -0.3 is 19.3 Å². The SMILES string of the molecule is CCc1ccc(C(=O)N2CCN(c3cc(Oc4ccc(OC)cc4)ncn3)C[C@@H]2C)cc1. The van der Waals surface area contributed by atoms with Gasteiger partial charge in [-0.3, -0.25) is 4.79 Å². The summed E-state index contributed by atoms with van der Waals surface area (Å²) in [4.78, 5) is 25.8. The second-order valence-electron chi connectivity index (χ2n) is 7.84. The molecule has 0 saturated carbocycles. The van der Waals surface area contributed by atoms with E-state index < -0.39 is 0 Å². The van der Waals surface area contributed by atoms with Crippen molar-refractivity contribution in [2.75, 3.05) is 31.6 Å². The molecule has 0 bridgehead atoms. The molecule has 1 aromatic heterocycles. The maximum atomic E-state index is 13.0. The number of ether oxygens (including phenoxy) is 2. The normalized spacial score (nSPS) is 16.0. The molecule has 4 rings (SSSR count). The van der Waals surface area contributed by atoms with Crippen molar-refractivity contribution in [2.24, 2.45) is 0 Å². The molecule has 0 N–H and O–H groups in total. The molecule has 2 aromatic carbocycles. The molecular formula is C25H28N4O3. The zero-order valence-corrected chi connectivity index (χ0v) is 18.7. The summed E-state index contributed by atoms with van der Waals surface area (Å²) in [6, 6.07) is 17.1. The fraction of sp³-hybridized carbons (Fsp3) is 0.320. The highest BCUT2D eigenvalue weighted by Gasteiger charge is 2.29. The second-order valence-corrected chi connectivity index (χ2v) is 7.84. The monoisotopic (exact) mass is 432 g/mol. The number of carbonyl (C=O) groups excluding carboxylic acids is 1. The molecule has 3 aromatic rings. The number of carbonyl (C=O) groups is 1. The Morgan fingerprint density at radius 2 is 1.75 bits per heavy atom. The Balaban J connectivity index is 1.41. The predicted octanol–water partition coefficient (Wildman–Crippen LogP) is 4.19. The topological polar surface area (TPSA) is 67.8 Å². The summed E-state index contributed by atoms with van der Waals surface area (Å²) in [5, 5.41) is 0. The van der Waals surface area contributed by atoms with Crippen molar-refractivity contribution in [3.8, 4) is 17.4 Å². The minimum absolute atomic E-state index is 0.0584. The van der Waals surface area contributed by atoms with Crippen LogP contribution in [0.3, 0.4) is 0 Å². The smallest absolute Gasteiger partial charge is 0.254 e. The predicted molar refractivity (Wildman–Crippen MR) is 124 cm³/mol. The van der Waals surface area contributed by atoms with Gasteiger partial charge >= 0.3 is 0 Å². The van der Waals surface area contributed by atoms with Gasteiger partial charge in [-0.2, -0.15) is 0 Å². The van der Waals surface area contributed by atoms with Gasteiger partial charge in [-0.25, -0.2) is 9.97 Å². The van der Waals surface area contributed by atoms with E-state index in [-0.39, 0.29) is 11.9 Å².